The topological polar surface area (TPSA) is 149 Å². The van der Waals surface area contributed by atoms with E-state index < -0.39 is 28.6 Å². The first kappa shape index (κ1) is 40.0. The van der Waals surface area contributed by atoms with Crippen molar-refractivity contribution in [3.05, 3.63) is 106 Å². The lowest BCUT2D eigenvalue weighted by Gasteiger charge is -2.27. The minimum atomic E-state index is -4.56. The Hall–Kier alpha value is -4.84. The van der Waals surface area contributed by atoms with Crippen molar-refractivity contribution in [3.63, 3.8) is 0 Å². The molecule has 0 radical (unpaired) electrons. The highest BCUT2D eigenvalue weighted by Crippen LogP contribution is 2.48. The van der Waals surface area contributed by atoms with Crippen LogP contribution < -0.4 is 28.7 Å². The molecule has 0 aliphatic carbocycles. The van der Waals surface area contributed by atoms with E-state index in [0.29, 0.717) is 53.7 Å². The fourth-order valence-corrected chi connectivity index (χ4v) is 12.7. The third kappa shape index (κ3) is 7.26. The van der Waals surface area contributed by atoms with Gasteiger partial charge >= 0.3 is 0 Å². The Morgan fingerprint density at radius 2 is 1.16 bits per heavy atom. The summed E-state index contributed by atoms with van der Waals surface area (Å²) < 4.78 is 74.2. The van der Waals surface area contributed by atoms with Crippen LogP contribution in [-0.4, -0.2) is 88.0 Å². The average Bonchev–Trinajstić information content (AvgIpc) is 3.72. The predicted octanol–water partition coefficient (Wildman–Crippen LogP) is 7.08. The van der Waals surface area contributed by atoms with Gasteiger partial charge in [0.2, 0.25) is 0 Å². The zero-order valence-corrected chi connectivity index (χ0v) is 34.9. The van der Waals surface area contributed by atoms with Gasteiger partial charge in [-0.2, -0.15) is 8.42 Å². The molecule has 306 valence electrons. The molecule has 8 rings (SSSR count). The second kappa shape index (κ2) is 15.7. The van der Waals surface area contributed by atoms with Crippen molar-refractivity contribution in [1.29, 1.82) is 0 Å². The van der Waals surface area contributed by atoms with E-state index in [0.717, 1.165) is 23.2 Å². The van der Waals surface area contributed by atoms with E-state index in [1.807, 2.05) is 48.2 Å². The van der Waals surface area contributed by atoms with Crippen molar-refractivity contribution >= 4 is 40.4 Å². The smallest absolute Gasteiger partial charge is 0.270 e. The summed E-state index contributed by atoms with van der Waals surface area (Å²) in [6.45, 7) is 4.40. The molecular formula is C44H49N2O10PS. The fraction of sp³-hybridized carbons (Fsp3) is 0.409. The van der Waals surface area contributed by atoms with E-state index in [1.54, 1.807) is 37.4 Å². The zero-order valence-electron chi connectivity index (χ0n) is 33.2. The van der Waals surface area contributed by atoms with Crippen LogP contribution in [0.5, 0.6) is 23.0 Å². The van der Waals surface area contributed by atoms with Crippen molar-refractivity contribution in [1.82, 2.24) is 0 Å². The third-order valence-electron chi connectivity index (χ3n) is 12.3. The minimum absolute atomic E-state index is 0.0475. The number of fused-ring (bicyclic) bond motifs is 8. The molecule has 4 heterocycles. The summed E-state index contributed by atoms with van der Waals surface area (Å²) in [5.74, 6) is 1.28. The first-order valence-electron chi connectivity index (χ1n) is 19.9. The van der Waals surface area contributed by atoms with Crippen molar-refractivity contribution < 1.29 is 46.1 Å². The molecule has 4 aliphatic heterocycles. The number of anilines is 2. The minimum Gasteiger partial charge on any atom is -0.493 e. The number of hydrogen-bond acceptors (Lipinski definition) is 9. The van der Waals surface area contributed by atoms with Crippen LogP contribution in [-0.2, 0) is 40.4 Å². The highest BCUT2D eigenvalue weighted by atomic mass is 32.2. The summed E-state index contributed by atoms with van der Waals surface area (Å²) in [5, 5.41) is -1.26. The number of nitrogens with zero attached hydrogens (tertiary/aromatic N) is 2. The molecule has 58 heavy (non-hydrogen) atoms. The van der Waals surface area contributed by atoms with Crippen LogP contribution in [0.2, 0.25) is 0 Å². The van der Waals surface area contributed by atoms with Crippen LogP contribution in [0.15, 0.2) is 72.8 Å². The molecule has 1 N–H and O–H groups in total. The SMILES string of the molecule is CCCP(=O)(CCOc1cc2c(cc1OC)C(=O)N1c3ccccc3C[C@H]1C(C)C2)CCOc1cc2c(cc1OC)C(=O)N1c3ccccc3C[C@H]1C(S(=O)(=O)O)C2. The fourth-order valence-electron chi connectivity index (χ4n) is 9.37. The largest absolute Gasteiger partial charge is 0.493 e. The quantitative estimate of drug-likeness (QED) is 0.110. The summed E-state index contributed by atoms with van der Waals surface area (Å²) in [5.41, 5.74) is 5.77. The number of hydrogen-bond donors (Lipinski definition) is 1. The van der Waals surface area contributed by atoms with Gasteiger partial charge in [-0.25, -0.2) is 0 Å². The van der Waals surface area contributed by atoms with Gasteiger partial charge in [-0.3, -0.25) is 14.1 Å². The maximum Gasteiger partial charge on any atom is 0.270 e. The molecule has 4 aromatic carbocycles. The lowest BCUT2D eigenvalue weighted by atomic mass is 9.91. The van der Waals surface area contributed by atoms with Crippen molar-refractivity contribution in [2.75, 3.05) is 55.7 Å². The molecule has 5 atom stereocenters. The van der Waals surface area contributed by atoms with E-state index >= 15 is 0 Å². The standard InChI is InChI=1S/C44H49N2O10PS/c1-5-16-57(49,17-14-55-40-22-30-19-27(2)36-20-28-10-6-8-12-34(28)45(36)43(47)32(30)25-38(40)53-3)18-15-56-41-23-31-24-42(58(50,51)52)37-21-29-11-7-9-13-35(29)46(37)44(48)33(31)26-39(41)54-4/h6-13,22-23,25-27,36-37,42H,5,14-21,24H2,1-4H3,(H,50,51,52)/t27?,36-,37-,42?,57?/m0/s1. The van der Waals surface area contributed by atoms with Crippen LogP contribution in [0.25, 0.3) is 0 Å². The molecule has 14 heteroatoms. The number of para-hydroxylation sites is 2. The Morgan fingerprint density at radius 1 is 0.672 bits per heavy atom. The van der Waals surface area contributed by atoms with E-state index in [4.69, 9.17) is 18.9 Å². The lowest BCUT2D eigenvalue weighted by molar-refractivity contribution is 0.0971. The molecule has 0 saturated heterocycles. The Kier molecular flexibility index (Phi) is 10.8. The highest BCUT2D eigenvalue weighted by molar-refractivity contribution is 7.86. The maximum absolute atomic E-state index is 14.3. The summed E-state index contributed by atoms with van der Waals surface area (Å²) >= 11 is 0. The molecule has 12 nitrogen and oxygen atoms in total. The van der Waals surface area contributed by atoms with Crippen LogP contribution in [0.4, 0.5) is 11.4 Å². The van der Waals surface area contributed by atoms with Crippen LogP contribution in [0.3, 0.4) is 0 Å². The Bertz CT molecular complexity index is 2440. The molecule has 0 saturated carbocycles. The van der Waals surface area contributed by atoms with Gasteiger partial charge in [0, 0.05) is 47.0 Å². The van der Waals surface area contributed by atoms with E-state index in [1.165, 1.54) is 17.6 Å². The van der Waals surface area contributed by atoms with Crippen LogP contribution in [0.1, 0.15) is 63.2 Å². The first-order valence-corrected chi connectivity index (χ1v) is 23.6. The van der Waals surface area contributed by atoms with Gasteiger partial charge in [-0.05, 0) is 96.7 Å². The summed E-state index contributed by atoms with van der Waals surface area (Å²) in [4.78, 5) is 31.5. The van der Waals surface area contributed by atoms with E-state index in [2.05, 4.69) is 13.0 Å². The number of rotatable bonds is 13. The zero-order chi connectivity index (χ0) is 40.9. The molecule has 0 fully saturated rings. The first-order chi connectivity index (χ1) is 27.8. The average molecular weight is 829 g/mol. The van der Waals surface area contributed by atoms with Crippen LogP contribution >= 0.6 is 7.14 Å². The molecule has 4 aliphatic rings. The Balaban J connectivity index is 0.969. The predicted molar refractivity (Wildman–Crippen MR) is 223 cm³/mol. The van der Waals surface area contributed by atoms with Gasteiger partial charge in [0.05, 0.1) is 40.6 Å². The molecule has 2 amide bonds. The van der Waals surface area contributed by atoms with Crippen LogP contribution in [0, 0.1) is 5.92 Å². The molecule has 0 aromatic heterocycles. The second-order valence-corrected chi connectivity index (χ2v) is 20.9. The van der Waals surface area contributed by atoms with Crippen molar-refractivity contribution in [2.45, 2.75) is 63.3 Å². The monoisotopic (exact) mass is 828 g/mol. The Labute approximate surface area is 339 Å². The van der Waals surface area contributed by atoms with Gasteiger partial charge in [-0.15, -0.1) is 0 Å². The number of carbonyl (C=O) groups excluding carboxylic acids is 2. The van der Waals surface area contributed by atoms with Gasteiger partial charge in [0.25, 0.3) is 21.9 Å². The lowest BCUT2D eigenvalue weighted by Crippen LogP contribution is -2.47. The van der Waals surface area contributed by atoms with Crippen molar-refractivity contribution in [2.24, 2.45) is 5.92 Å². The number of methoxy groups -OCH3 is 2. The molecule has 3 unspecified atom stereocenters. The molecule has 0 bridgehead atoms. The number of amides is 2. The summed E-state index contributed by atoms with van der Waals surface area (Å²) in [6, 6.07) is 21.5. The number of ether oxygens (including phenoxy) is 4. The van der Waals surface area contributed by atoms with E-state index in [-0.39, 0.29) is 72.8 Å². The van der Waals surface area contributed by atoms with Gasteiger partial charge < -0.3 is 33.3 Å². The summed E-state index contributed by atoms with van der Waals surface area (Å²) in [7, 11) is -4.37. The normalized spacial score (nSPS) is 21.7. The summed E-state index contributed by atoms with van der Waals surface area (Å²) in [6.07, 6.45) is 3.42. The van der Waals surface area contributed by atoms with Crippen molar-refractivity contribution in [3.8, 4) is 23.0 Å². The molecular weight excluding hydrogens is 780 g/mol. The molecule has 4 aromatic rings. The van der Waals surface area contributed by atoms with E-state index in [9.17, 15) is 27.1 Å². The molecule has 0 spiro atoms. The number of carbonyl (C=O) groups is 2. The highest BCUT2D eigenvalue weighted by Gasteiger charge is 2.47. The third-order valence-corrected chi connectivity index (χ3v) is 16.8. The van der Waals surface area contributed by atoms with Gasteiger partial charge in [-0.1, -0.05) is 50.2 Å². The van der Waals surface area contributed by atoms with Gasteiger partial charge in [0.15, 0.2) is 23.0 Å². The second-order valence-electron chi connectivity index (χ2n) is 15.8. The number of benzene rings is 4. The Morgan fingerprint density at radius 3 is 1.66 bits per heavy atom. The maximum atomic E-state index is 14.3. The van der Waals surface area contributed by atoms with Gasteiger partial charge in [0.1, 0.15) is 5.25 Å².